The Morgan fingerprint density at radius 1 is 0.861 bits per heavy atom. The molecule has 0 radical (unpaired) electrons. The molecule has 6 nitrogen and oxygen atoms in total. The zero-order chi connectivity index (χ0) is 25.2. The minimum atomic E-state index is -0.399. The van der Waals surface area contributed by atoms with Gasteiger partial charge in [-0.05, 0) is 43.9 Å². The van der Waals surface area contributed by atoms with Gasteiger partial charge in [0.05, 0.1) is 18.2 Å². The van der Waals surface area contributed by atoms with Crippen LogP contribution in [0, 0.1) is 13.8 Å². The highest BCUT2D eigenvalue weighted by Gasteiger charge is 2.35. The topological polar surface area (TPSA) is 71.3 Å². The van der Waals surface area contributed by atoms with E-state index in [0.29, 0.717) is 18.3 Å². The lowest BCUT2D eigenvalue weighted by Crippen LogP contribution is -2.45. The van der Waals surface area contributed by atoms with Crippen molar-refractivity contribution in [3.05, 3.63) is 112 Å². The van der Waals surface area contributed by atoms with Crippen molar-refractivity contribution < 1.29 is 9.32 Å². The van der Waals surface area contributed by atoms with Gasteiger partial charge in [0, 0.05) is 11.3 Å². The summed E-state index contributed by atoms with van der Waals surface area (Å²) in [4.78, 5) is 19.8. The second kappa shape index (κ2) is 9.82. The third-order valence-corrected chi connectivity index (χ3v) is 6.75. The standard InChI is InChI=1S/C30H30N4O2/c1-5-22-12-16-24(17-13-22)27-26(29-32-28(33-36-29)25-14-8-20(3)9-15-25)21(4)34(30(35)31-27)18-23-10-6-19(2)7-11-23/h6-17,27H,5,18H2,1-4H3,(H,31,35). The maximum atomic E-state index is 13.3. The van der Waals surface area contributed by atoms with Gasteiger partial charge in [0.2, 0.25) is 5.82 Å². The summed E-state index contributed by atoms with van der Waals surface area (Å²) in [5.74, 6) is 0.925. The highest BCUT2D eigenvalue weighted by atomic mass is 16.5. The van der Waals surface area contributed by atoms with Gasteiger partial charge >= 0.3 is 6.03 Å². The molecular formula is C30H30N4O2. The SMILES string of the molecule is CCc1ccc(C2NC(=O)N(Cc3ccc(C)cc3)C(C)=C2c2nc(-c3ccc(C)cc3)no2)cc1. The summed E-state index contributed by atoms with van der Waals surface area (Å²) in [5.41, 5.74) is 8.08. The van der Waals surface area contributed by atoms with Crippen LogP contribution < -0.4 is 5.32 Å². The third kappa shape index (κ3) is 4.67. The lowest BCUT2D eigenvalue weighted by atomic mass is 9.93. The summed E-state index contributed by atoms with van der Waals surface area (Å²) < 4.78 is 5.81. The first-order valence-electron chi connectivity index (χ1n) is 12.3. The molecule has 182 valence electrons. The first-order valence-corrected chi connectivity index (χ1v) is 12.3. The summed E-state index contributed by atoms with van der Waals surface area (Å²) in [7, 11) is 0. The van der Waals surface area contributed by atoms with Crippen molar-refractivity contribution in [3.63, 3.8) is 0 Å². The van der Waals surface area contributed by atoms with Gasteiger partial charge in [-0.25, -0.2) is 4.79 Å². The number of benzene rings is 3. The predicted octanol–water partition coefficient (Wildman–Crippen LogP) is 6.61. The number of carbonyl (C=O) groups is 1. The summed E-state index contributed by atoms with van der Waals surface area (Å²) in [6.07, 6.45) is 0.951. The van der Waals surface area contributed by atoms with Crippen LogP contribution in [-0.2, 0) is 13.0 Å². The first-order chi connectivity index (χ1) is 17.4. The van der Waals surface area contributed by atoms with Gasteiger partial charge in [-0.2, -0.15) is 4.98 Å². The lowest BCUT2D eigenvalue weighted by molar-refractivity contribution is 0.203. The Labute approximate surface area is 211 Å². The van der Waals surface area contributed by atoms with Crippen LogP contribution in [0.2, 0.25) is 0 Å². The van der Waals surface area contributed by atoms with Gasteiger partial charge in [0.1, 0.15) is 0 Å². The molecule has 3 aromatic carbocycles. The molecule has 6 heteroatoms. The molecule has 5 rings (SSSR count). The summed E-state index contributed by atoms with van der Waals surface area (Å²) >= 11 is 0. The van der Waals surface area contributed by atoms with E-state index in [1.165, 1.54) is 16.7 Å². The molecule has 1 N–H and O–H groups in total. The molecule has 1 unspecified atom stereocenters. The van der Waals surface area contributed by atoms with E-state index in [1.807, 2.05) is 50.2 Å². The summed E-state index contributed by atoms with van der Waals surface area (Å²) in [5, 5.41) is 7.46. The van der Waals surface area contributed by atoms with Crippen LogP contribution in [0.4, 0.5) is 4.79 Å². The molecule has 1 atom stereocenters. The summed E-state index contributed by atoms with van der Waals surface area (Å²) in [6.45, 7) is 8.62. The summed E-state index contributed by atoms with van der Waals surface area (Å²) in [6, 6.07) is 24.0. The van der Waals surface area contributed by atoms with Gasteiger partial charge in [0.15, 0.2) is 0 Å². The molecule has 0 aliphatic carbocycles. The van der Waals surface area contributed by atoms with Crippen molar-refractivity contribution in [2.75, 3.05) is 0 Å². The monoisotopic (exact) mass is 478 g/mol. The number of hydrogen-bond donors (Lipinski definition) is 1. The van der Waals surface area contributed by atoms with Crippen LogP contribution in [-0.4, -0.2) is 21.1 Å². The molecule has 0 saturated heterocycles. The second-order valence-electron chi connectivity index (χ2n) is 9.34. The van der Waals surface area contributed by atoms with Crippen LogP contribution in [0.5, 0.6) is 0 Å². The average molecular weight is 479 g/mol. The van der Waals surface area contributed by atoms with E-state index in [9.17, 15) is 4.79 Å². The molecule has 0 spiro atoms. The van der Waals surface area contributed by atoms with Gasteiger partial charge in [0.25, 0.3) is 5.89 Å². The van der Waals surface area contributed by atoms with Gasteiger partial charge in [-0.15, -0.1) is 0 Å². The Hall–Kier alpha value is -4.19. The van der Waals surface area contributed by atoms with Crippen LogP contribution in [0.1, 0.15) is 53.6 Å². The smallest absolute Gasteiger partial charge is 0.322 e. The van der Waals surface area contributed by atoms with Crippen LogP contribution in [0.15, 0.2) is 83.0 Å². The molecular weight excluding hydrogens is 448 g/mol. The Morgan fingerprint density at radius 3 is 2.11 bits per heavy atom. The Bertz CT molecular complexity index is 1400. The van der Waals surface area contributed by atoms with Crippen molar-refractivity contribution >= 4 is 11.6 Å². The van der Waals surface area contributed by atoms with Gasteiger partial charge in [-0.1, -0.05) is 96.0 Å². The number of hydrogen-bond acceptors (Lipinski definition) is 4. The van der Waals surface area contributed by atoms with E-state index in [1.54, 1.807) is 4.90 Å². The van der Waals surface area contributed by atoms with Crippen molar-refractivity contribution in [3.8, 4) is 11.4 Å². The number of aromatic nitrogens is 2. The number of carbonyl (C=O) groups excluding carboxylic acids is 1. The largest absolute Gasteiger partial charge is 0.334 e. The van der Waals surface area contributed by atoms with Crippen molar-refractivity contribution in [1.29, 1.82) is 0 Å². The highest BCUT2D eigenvalue weighted by Crippen LogP contribution is 2.38. The van der Waals surface area contributed by atoms with Crippen molar-refractivity contribution in [2.24, 2.45) is 0 Å². The molecule has 36 heavy (non-hydrogen) atoms. The zero-order valence-corrected chi connectivity index (χ0v) is 21.1. The Balaban J connectivity index is 1.58. The third-order valence-electron chi connectivity index (χ3n) is 6.75. The van der Waals surface area contributed by atoms with E-state index in [-0.39, 0.29) is 6.03 Å². The molecule has 1 aliphatic rings. The van der Waals surface area contributed by atoms with E-state index in [0.717, 1.165) is 34.4 Å². The minimum absolute atomic E-state index is 0.153. The minimum Gasteiger partial charge on any atom is -0.334 e. The van der Waals surface area contributed by atoms with E-state index >= 15 is 0 Å². The van der Waals surface area contributed by atoms with Crippen LogP contribution in [0.3, 0.4) is 0 Å². The number of nitrogens with zero attached hydrogens (tertiary/aromatic N) is 3. The lowest BCUT2D eigenvalue weighted by Gasteiger charge is -2.35. The predicted molar refractivity (Wildman–Crippen MR) is 141 cm³/mol. The Kier molecular flexibility index (Phi) is 6.42. The van der Waals surface area contributed by atoms with Crippen LogP contribution in [0.25, 0.3) is 17.0 Å². The fourth-order valence-electron chi connectivity index (χ4n) is 4.47. The zero-order valence-electron chi connectivity index (χ0n) is 21.1. The molecule has 4 aromatic rings. The molecule has 0 saturated carbocycles. The molecule has 2 heterocycles. The van der Waals surface area contributed by atoms with Crippen LogP contribution >= 0.6 is 0 Å². The van der Waals surface area contributed by atoms with Crippen molar-refractivity contribution in [1.82, 2.24) is 20.4 Å². The molecule has 1 aromatic heterocycles. The normalized spacial score (nSPS) is 15.8. The second-order valence-corrected chi connectivity index (χ2v) is 9.34. The average Bonchev–Trinajstić information content (AvgIpc) is 3.37. The number of nitrogens with one attached hydrogen (secondary N) is 1. The highest BCUT2D eigenvalue weighted by molar-refractivity contribution is 5.86. The first kappa shape index (κ1) is 23.5. The maximum absolute atomic E-state index is 13.3. The Morgan fingerprint density at radius 2 is 1.47 bits per heavy atom. The van der Waals surface area contributed by atoms with E-state index in [4.69, 9.17) is 9.51 Å². The molecule has 2 amide bonds. The fraction of sp³-hybridized carbons (Fsp3) is 0.233. The molecule has 1 aliphatic heterocycles. The molecule has 0 fully saturated rings. The maximum Gasteiger partial charge on any atom is 0.322 e. The fourth-order valence-corrected chi connectivity index (χ4v) is 4.47. The number of aryl methyl sites for hydroxylation is 3. The number of rotatable bonds is 6. The van der Waals surface area contributed by atoms with E-state index < -0.39 is 6.04 Å². The van der Waals surface area contributed by atoms with E-state index in [2.05, 4.69) is 60.7 Å². The molecule has 0 bridgehead atoms. The van der Waals surface area contributed by atoms with Crippen molar-refractivity contribution in [2.45, 2.75) is 46.7 Å². The quantitative estimate of drug-likeness (QED) is 0.338. The number of amides is 2. The van der Waals surface area contributed by atoms with Gasteiger partial charge in [-0.3, -0.25) is 4.90 Å². The number of urea groups is 1. The number of allylic oxidation sites excluding steroid dienone is 1. The van der Waals surface area contributed by atoms with Gasteiger partial charge < -0.3 is 9.84 Å².